The number of benzene rings is 4. The van der Waals surface area contributed by atoms with Crippen molar-refractivity contribution in [2.24, 2.45) is 4.99 Å². The van der Waals surface area contributed by atoms with Crippen LogP contribution < -0.4 is 14.2 Å². The number of hydrogen-bond donors (Lipinski definition) is 0. The van der Waals surface area contributed by atoms with Crippen LogP contribution >= 0.6 is 0 Å². The molecule has 6 heteroatoms. The highest BCUT2D eigenvalue weighted by atomic mass is 16.5. The van der Waals surface area contributed by atoms with Crippen molar-refractivity contribution >= 4 is 17.4 Å². The van der Waals surface area contributed by atoms with Gasteiger partial charge in [0, 0.05) is 34.4 Å². The molecular formula is C31H25NO5. The van der Waals surface area contributed by atoms with Crippen LogP contribution in [0.25, 0.3) is 0 Å². The Morgan fingerprint density at radius 2 is 1.35 bits per heavy atom. The molecule has 184 valence electrons. The Bertz CT molecular complexity index is 1470. The molecule has 6 rings (SSSR count). The monoisotopic (exact) mass is 491 g/mol. The summed E-state index contributed by atoms with van der Waals surface area (Å²) in [5.41, 5.74) is 2.33. The number of carbonyl (C=O) groups is 1. The fraction of sp³-hybridized carbons (Fsp3) is 0.161. The van der Waals surface area contributed by atoms with Crippen molar-refractivity contribution in [3.63, 3.8) is 0 Å². The van der Waals surface area contributed by atoms with Crippen LogP contribution in [0.4, 0.5) is 5.69 Å². The van der Waals surface area contributed by atoms with E-state index in [1.807, 2.05) is 92.7 Å². The average Bonchev–Trinajstić information content (AvgIpc) is 2.93. The van der Waals surface area contributed by atoms with Crippen molar-refractivity contribution in [3.8, 4) is 23.0 Å². The molecule has 0 unspecified atom stereocenters. The van der Waals surface area contributed by atoms with Gasteiger partial charge < -0.3 is 18.9 Å². The van der Waals surface area contributed by atoms with Gasteiger partial charge in [-0.05, 0) is 44.2 Å². The smallest absolute Gasteiger partial charge is 0.265 e. The van der Waals surface area contributed by atoms with Gasteiger partial charge in [0.2, 0.25) is 5.78 Å². The predicted molar refractivity (Wildman–Crippen MR) is 141 cm³/mol. The minimum Gasteiger partial charge on any atom is -0.494 e. The third-order valence-electron chi connectivity index (χ3n) is 6.49. The number of Topliss-reactive ketones (excluding diaryl/α,β-unsaturated/α-hetero) is 1. The maximum absolute atomic E-state index is 13.6. The summed E-state index contributed by atoms with van der Waals surface area (Å²) in [4.78, 5) is 18.3. The lowest BCUT2D eigenvalue weighted by Gasteiger charge is -2.42. The van der Waals surface area contributed by atoms with Gasteiger partial charge in [-0.1, -0.05) is 48.5 Å². The van der Waals surface area contributed by atoms with Gasteiger partial charge in [0.25, 0.3) is 5.90 Å². The van der Waals surface area contributed by atoms with Crippen molar-refractivity contribution < 1.29 is 23.7 Å². The maximum Gasteiger partial charge on any atom is 0.265 e. The number of hydrogen-bond acceptors (Lipinski definition) is 6. The zero-order valence-corrected chi connectivity index (χ0v) is 20.6. The molecule has 0 fully saturated rings. The first kappa shape index (κ1) is 22.9. The van der Waals surface area contributed by atoms with Crippen molar-refractivity contribution in [2.75, 3.05) is 13.2 Å². The fourth-order valence-electron chi connectivity index (χ4n) is 4.94. The zero-order chi connectivity index (χ0) is 25.4. The van der Waals surface area contributed by atoms with E-state index in [0.29, 0.717) is 47.5 Å². The molecule has 0 atom stereocenters. The summed E-state index contributed by atoms with van der Waals surface area (Å²) in [6.07, 6.45) is 0. The second-order valence-corrected chi connectivity index (χ2v) is 8.70. The highest BCUT2D eigenvalue weighted by Gasteiger charge is 2.51. The number of carbonyl (C=O) groups excluding carboxylic acids is 1. The molecule has 0 radical (unpaired) electrons. The number of para-hydroxylation sites is 1. The number of fused-ring (bicyclic) bond motifs is 6. The van der Waals surface area contributed by atoms with Gasteiger partial charge in [-0.15, -0.1) is 0 Å². The van der Waals surface area contributed by atoms with E-state index < -0.39 is 5.60 Å². The van der Waals surface area contributed by atoms with Gasteiger partial charge in [0.15, 0.2) is 5.60 Å². The van der Waals surface area contributed by atoms with Crippen LogP contribution in [0.3, 0.4) is 0 Å². The van der Waals surface area contributed by atoms with Crippen LogP contribution in [0, 0.1) is 0 Å². The summed E-state index contributed by atoms with van der Waals surface area (Å²) >= 11 is 0. The Morgan fingerprint density at radius 3 is 1.97 bits per heavy atom. The van der Waals surface area contributed by atoms with E-state index in [-0.39, 0.29) is 11.7 Å². The predicted octanol–water partition coefficient (Wildman–Crippen LogP) is 6.82. The molecule has 2 aliphatic rings. The topological polar surface area (TPSA) is 66.3 Å². The zero-order valence-electron chi connectivity index (χ0n) is 20.6. The molecule has 4 aromatic rings. The summed E-state index contributed by atoms with van der Waals surface area (Å²) in [6, 6.07) is 28.1. The normalized spacial score (nSPS) is 14.3. The Morgan fingerprint density at radius 1 is 0.757 bits per heavy atom. The van der Waals surface area contributed by atoms with E-state index in [4.69, 9.17) is 18.9 Å². The second-order valence-electron chi connectivity index (χ2n) is 8.70. The molecule has 2 aliphatic heterocycles. The number of ether oxygens (including phenoxy) is 4. The van der Waals surface area contributed by atoms with Gasteiger partial charge in [-0.25, -0.2) is 4.99 Å². The number of aliphatic imine (C=N–C) groups is 1. The maximum atomic E-state index is 13.6. The summed E-state index contributed by atoms with van der Waals surface area (Å²) in [6.45, 7) is 4.92. The van der Waals surface area contributed by atoms with Crippen LogP contribution in [0.15, 0.2) is 96.0 Å². The Hall–Kier alpha value is -4.58. The fourth-order valence-corrected chi connectivity index (χ4v) is 4.94. The molecule has 0 saturated heterocycles. The summed E-state index contributed by atoms with van der Waals surface area (Å²) < 4.78 is 24.7. The number of nitrogens with zero attached hydrogens (tertiary/aromatic N) is 1. The van der Waals surface area contributed by atoms with Gasteiger partial charge in [-0.3, -0.25) is 4.79 Å². The molecule has 0 saturated carbocycles. The first-order valence-corrected chi connectivity index (χ1v) is 12.3. The first-order chi connectivity index (χ1) is 18.1. The van der Waals surface area contributed by atoms with E-state index in [2.05, 4.69) is 4.99 Å². The molecule has 4 aromatic carbocycles. The van der Waals surface area contributed by atoms with E-state index in [0.717, 1.165) is 16.7 Å². The van der Waals surface area contributed by atoms with Gasteiger partial charge in [-0.2, -0.15) is 0 Å². The molecular weight excluding hydrogens is 466 g/mol. The SMILES string of the molecule is CCOc1ccc2c(c1)Oc1cc(OCC)ccc1C21OC(C(=O)c2ccccc2)=Nc2ccccc21. The van der Waals surface area contributed by atoms with Gasteiger partial charge >= 0.3 is 0 Å². The molecule has 0 aromatic heterocycles. The quantitative estimate of drug-likeness (QED) is 0.277. The van der Waals surface area contributed by atoms with Gasteiger partial charge in [0.05, 0.1) is 18.9 Å². The number of rotatable bonds is 6. The molecule has 0 amide bonds. The highest BCUT2D eigenvalue weighted by molar-refractivity contribution is 6.43. The largest absolute Gasteiger partial charge is 0.494 e. The molecule has 0 N–H and O–H groups in total. The molecule has 37 heavy (non-hydrogen) atoms. The molecule has 0 bridgehead atoms. The Kier molecular flexibility index (Phi) is 5.64. The highest BCUT2D eigenvalue weighted by Crippen LogP contribution is 2.57. The lowest BCUT2D eigenvalue weighted by molar-refractivity contribution is 0.0892. The van der Waals surface area contributed by atoms with Gasteiger partial charge in [0.1, 0.15) is 23.0 Å². The third-order valence-corrected chi connectivity index (χ3v) is 6.49. The van der Waals surface area contributed by atoms with Crippen molar-refractivity contribution in [2.45, 2.75) is 19.4 Å². The molecule has 2 heterocycles. The lowest BCUT2D eigenvalue weighted by atomic mass is 9.76. The number of ketones is 1. The van der Waals surface area contributed by atoms with Crippen molar-refractivity contribution in [1.29, 1.82) is 0 Å². The minimum atomic E-state index is -1.17. The van der Waals surface area contributed by atoms with Crippen LogP contribution in [-0.2, 0) is 10.3 Å². The van der Waals surface area contributed by atoms with Crippen LogP contribution in [0.1, 0.15) is 40.9 Å². The van der Waals surface area contributed by atoms with E-state index in [1.54, 1.807) is 12.1 Å². The lowest BCUT2D eigenvalue weighted by Crippen LogP contribution is -2.41. The molecule has 6 nitrogen and oxygen atoms in total. The Balaban J connectivity index is 1.61. The molecule has 0 aliphatic carbocycles. The first-order valence-electron chi connectivity index (χ1n) is 12.3. The van der Waals surface area contributed by atoms with Crippen molar-refractivity contribution in [1.82, 2.24) is 0 Å². The van der Waals surface area contributed by atoms with E-state index in [9.17, 15) is 4.79 Å². The standard InChI is InChI=1S/C31H25NO5/c1-3-34-21-14-16-24-27(18-21)36-28-19-22(35-4-2)15-17-25(28)31(24)23-12-8-9-13-26(23)32-30(37-31)29(33)20-10-6-5-7-11-20/h5-19H,3-4H2,1-2H3. The van der Waals surface area contributed by atoms with Crippen LogP contribution in [-0.4, -0.2) is 24.9 Å². The Labute approximate surface area is 215 Å². The third kappa shape index (κ3) is 3.73. The van der Waals surface area contributed by atoms with Crippen molar-refractivity contribution in [3.05, 3.63) is 113 Å². The summed E-state index contributed by atoms with van der Waals surface area (Å²) in [5.74, 6) is 2.25. The summed E-state index contributed by atoms with van der Waals surface area (Å²) in [5, 5.41) is 0. The minimum absolute atomic E-state index is 0.0199. The van der Waals surface area contributed by atoms with Crippen LogP contribution in [0.2, 0.25) is 0 Å². The molecule has 1 spiro atoms. The van der Waals surface area contributed by atoms with Crippen LogP contribution in [0.5, 0.6) is 23.0 Å². The average molecular weight is 492 g/mol. The van der Waals surface area contributed by atoms with E-state index in [1.165, 1.54) is 0 Å². The van der Waals surface area contributed by atoms with E-state index >= 15 is 0 Å². The second kappa shape index (κ2) is 9.13. The summed E-state index contributed by atoms with van der Waals surface area (Å²) in [7, 11) is 0.